The number of nitrogens with zero attached hydrogens (tertiary/aromatic N) is 1. The van der Waals surface area contributed by atoms with Crippen molar-refractivity contribution in [1.82, 2.24) is 9.97 Å². The molecule has 6 heteroatoms. The van der Waals surface area contributed by atoms with Crippen LogP contribution in [-0.4, -0.2) is 27.8 Å². The summed E-state index contributed by atoms with van der Waals surface area (Å²) in [7, 11) is 0. The Bertz CT molecular complexity index is 329. The number of nitrogens with one attached hydrogen (secondary N) is 2. The second-order valence-electron chi connectivity index (χ2n) is 2.23. The van der Waals surface area contributed by atoms with Gasteiger partial charge < -0.3 is 17.0 Å². The van der Waals surface area contributed by atoms with Crippen LogP contribution in [0.5, 0.6) is 5.88 Å². The van der Waals surface area contributed by atoms with Gasteiger partial charge in [0, 0.05) is 39.3 Å². The van der Waals surface area contributed by atoms with E-state index >= 15 is 0 Å². The minimum atomic E-state index is -0.441. The third-order valence-electron chi connectivity index (χ3n) is 1.24. The number of aromatic hydroxyl groups is 1. The van der Waals surface area contributed by atoms with E-state index in [-0.39, 0.29) is 38.6 Å². The number of rotatable bonds is 3. The third kappa shape index (κ3) is 3.87. The standard InChI is InChI=1S/C7H10N3O2.Y/c1-2-3-8-4-5-6(11)10-7(12)9-5;/h4,11H,1-3H2,(H2,9,10,12);/q-1;. The van der Waals surface area contributed by atoms with Crippen molar-refractivity contribution >= 4 is 6.21 Å². The van der Waals surface area contributed by atoms with E-state index in [9.17, 15) is 4.79 Å². The molecule has 0 aromatic carbocycles. The van der Waals surface area contributed by atoms with Crippen LogP contribution in [0.25, 0.3) is 0 Å². The third-order valence-corrected chi connectivity index (χ3v) is 1.24. The summed E-state index contributed by atoms with van der Waals surface area (Å²) in [5, 5.41) is 9.04. The van der Waals surface area contributed by atoms with Crippen LogP contribution in [-0.2, 0) is 32.7 Å². The van der Waals surface area contributed by atoms with E-state index in [4.69, 9.17) is 5.11 Å². The smallest absolute Gasteiger partial charge is 0.326 e. The van der Waals surface area contributed by atoms with E-state index in [1.807, 2.05) is 0 Å². The summed E-state index contributed by atoms with van der Waals surface area (Å²) in [5.41, 5.74) is -0.142. The summed E-state index contributed by atoms with van der Waals surface area (Å²) in [6.45, 7) is 4.16. The van der Waals surface area contributed by atoms with Gasteiger partial charge in [0.15, 0.2) is 0 Å². The average molecular weight is 257 g/mol. The molecule has 1 rings (SSSR count). The molecule has 0 aliphatic heterocycles. The Hall–Kier alpha value is -0.416. The molecule has 0 saturated heterocycles. The van der Waals surface area contributed by atoms with Gasteiger partial charge in [-0.2, -0.15) is 6.42 Å². The van der Waals surface area contributed by atoms with Crippen LogP contribution in [0.4, 0.5) is 0 Å². The molecule has 5 nitrogen and oxygen atoms in total. The van der Waals surface area contributed by atoms with Crippen LogP contribution in [0, 0.1) is 6.92 Å². The molecule has 0 spiro atoms. The Balaban J connectivity index is 0.00000144. The van der Waals surface area contributed by atoms with Crippen molar-refractivity contribution in [3.05, 3.63) is 23.1 Å². The molecule has 69 valence electrons. The molecule has 0 fully saturated rings. The maximum absolute atomic E-state index is 10.6. The van der Waals surface area contributed by atoms with Gasteiger partial charge in [0.1, 0.15) is 5.69 Å². The molecule has 0 amide bonds. The fourth-order valence-electron chi connectivity index (χ4n) is 0.728. The van der Waals surface area contributed by atoms with Crippen LogP contribution >= 0.6 is 0 Å². The van der Waals surface area contributed by atoms with E-state index in [1.165, 1.54) is 6.21 Å². The zero-order valence-electron chi connectivity index (χ0n) is 7.08. The number of H-pyrrole nitrogens is 2. The van der Waals surface area contributed by atoms with E-state index < -0.39 is 5.69 Å². The van der Waals surface area contributed by atoms with E-state index in [2.05, 4.69) is 21.9 Å². The molecule has 0 unspecified atom stereocenters. The molecule has 1 heterocycles. The molecule has 13 heavy (non-hydrogen) atoms. The number of hydrogen-bond donors (Lipinski definition) is 3. The van der Waals surface area contributed by atoms with Gasteiger partial charge in [0.05, 0.1) is 6.21 Å². The molecule has 0 bridgehead atoms. The number of aliphatic imine (C=N–C) groups is 1. The van der Waals surface area contributed by atoms with Crippen LogP contribution in [0.3, 0.4) is 0 Å². The molecule has 1 aromatic rings. The fourth-order valence-corrected chi connectivity index (χ4v) is 0.728. The van der Waals surface area contributed by atoms with Crippen molar-refractivity contribution in [3.8, 4) is 5.88 Å². The van der Waals surface area contributed by atoms with Gasteiger partial charge in [-0.3, -0.25) is 9.98 Å². The molecule has 0 aliphatic carbocycles. The summed E-state index contributed by atoms with van der Waals surface area (Å²) in [4.78, 5) is 19.0. The molecule has 1 radical (unpaired) electrons. The first-order chi connectivity index (χ1) is 5.74. The molecule has 1 aromatic heterocycles. The molecule has 0 atom stereocenters. The van der Waals surface area contributed by atoms with E-state index in [0.29, 0.717) is 18.7 Å². The maximum Gasteiger partial charge on any atom is 0.326 e. The second-order valence-corrected chi connectivity index (χ2v) is 2.23. The van der Waals surface area contributed by atoms with Gasteiger partial charge in [0.2, 0.25) is 5.88 Å². The summed E-state index contributed by atoms with van der Waals surface area (Å²) >= 11 is 0. The summed E-state index contributed by atoms with van der Waals surface area (Å²) in [6.07, 6.45) is 2.09. The molecule has 3 N–H and O–H groups in total. The number of hydrogen-bond acceptors (Lipinski definition) is 3. The second kappa shape index (κ2) is 6.10. The largest absolute Gasteiger partial charge is 0.493 e. The van der Waals surface area contributed by atoms with Crippen LogP contribution in [0.2, 0.25) is 0 Å². The minimum Gasteiger partial charge on any atom is -0.493 e. The summed E-state index contributed by atoms with van der Waals surface area (Å²) in [5.74, 6) is -0.187. The van der Waals surface area contributed by atoms with Crippen molar-refractivity contribution in [3.63, 3.8) is 0 Å². The minimum absolute atomic E-state index is 0. The molecular weight excluding hydrogens is 247 g/mol. The number of aromatic nitrogens is 2. The SMILES string of the molecule is [CH2-]CCN=Cc1[nH]c(=O)[nH]c1O.[Y]. The van der Waals surface area contributed by atoms with Gasteiger partial charge >= 0.3 is 5.69 Å². The van der Waals surface area contributed by atoms with Gasteiger partial charge in [-0.25, -0.2) is 4.79 Å². The van der Waals surface area contributed by atoms with Gasteiger partial charge in [-0.1, -0.05) is 0 Å². The summed E-state index contributed by atoms with van der Waals surface area (Å²) in [6, 6.07) is 0. The van der Waals surface area contributed by atoms with Crippen molar-refractivity contribution in [1.29, 1.82) is 0 Å². The fraction of sp³-hybridized carbons (Fsp3) is 0.286. The maximum atomic E-state index is 10.6. The zero-order valence-corrected chi connectivity index (χ0v) is 9.92. The predicted molar refractivity (Wildman–Crippen MR) is 45.5 cm³/mol. The first-order valence-corrected chi connectivity index (χ1v) is 3.54. The van der Waals surface area contributed by atoms with E-state index in [1.54, 1.807) is 0 Å². The van der Waals surface area contributed by atoms with Crippen molar-refractivity contribution < 1.29 is 37.8 Å². The van der Waals surface area contributed by atoms with Crippen molar-refractivity contribution in [2.75, 3.05) is 6.54 Å². The van der Waals surface area contributed by atoms with Crippen molar-refractivity contribution in [2.45, 2.75) is 6.42 Å². The van der Waals surface area contributed by atoms with Crippen LogP contribution < -0.4 is 5.69 Å². The Kier molecular flexibility index (Phi) is 5.91. The number of aromatic amines is 2. The van der Waals surface area contributed by atoms with Gasteiger partial charge in [-0.15, -0.1) is 0 Å². The average Bonchev–Trinajstić information content (AvgIpc) is 2.31. The quantitative estimate of drug-likeness (QED) is 0.528. The Labute approximate surface area is 101 Å². The van der Waals surface area contributed by atoms with E-state index in [0.717, 1.165) is 0 Å². The van der Waals surface area contributed by atoms with Crippen LogP contribution in [0.1, 0.15) is 12.1 Å². The molecule has 0 saturated carbocycles. The predicted octanol–water partition coefficient (Wildman–Crippen LogP) is 0.0492. The van der Waals surface area contributed by atoms with Crippen molar-refractivity contribution in [2.24, 2.45) is 4.99 Å². The first kappa shape index (κ1) is 12.6. The normalized spacial score (nSPS) is 10.2. The summed E-state index contributed by atoms with van der Waals surface area (Å²) < 4.78 is 0. The zero-order chi connectivity index (χ0) is 8.97. The molecular formula is C7H10N3O2Y-. The van der Waals surface area contributed by atoms with Gasteiger partial charge in [-0.05, 0) is 0 Å². The van der Waals surface area contributed by atoms with Gasteiger partial charge in [0.25, 0.3) is 0 Å². The molecule has 0 aliphatic rings. The Morgan fingerprint density at radius 2 is 2.23 bits per heavy atom. The Morgan fingerprint density at radius 3 is 2.69 bits per heavy atom. The van der Waals surface area contributed by atoms with Crippen LogP contribution in [0.15, 0.2) is 9.79 Å². The topological polar surface area (TPSA) is 81.2 Å². The first-order valence-electron chi connectivity index (χ1n) is 3.54. The monoisotopic (exact) mass is 257 g/mol. The Morgan fingerprint density at radius 1 is 1.54 bits per heavy atom. The number of imidazole rings is 1.